The van der Waals surface area contributed by atoms with Crippen molar-refractivity contribution in [3.05, 3.63) is 24.3 Å². The molecule has 0 saturated carbocycles. The first-order valence-electron chi connectivity index (χ1n) is 9.36. The van der Waals surface area contributed by atoms with Gasteiger partial charge in [-0.25, -0.2) is 4.98 Å². The Morgan fingerprint density at radius 1 is 1.19 bits per heavy atom. The first kappa shape index (κ1) is 17.4. The number of amides is 2. The SMILES string of the molecule is O=C(CN1CCC(N2CCCCC2=O)CC1)Nc1nc2ccccc2s1. The quantitative estimate of drug-likeness (QED) is 0.896. The van der Waals surface area contributed by atoms with Crippen molar-refractivity contribution >= 4 is 38.5 Å². The molecule has 0 unspecified atom stereocenters. The standard InChI is InChI=1S/C19H24N4O2S/c24-17(21-19-20-15-5-1-2-6-16(15)26-19)13-22-11-8-14(9-12-22)23-10-4-3-7-18(23)25/h1-2,5-6,14H,3-4,7-13H2,(H,20,21,24). The molecule has 7 heteroatoms. The lowest BCUT2D eigenvalue weighted by Crippen LogP contribution is -2.50. The molecule has 2 aliphatic heterocycles. The van der Waals surface area contributed by atoms with Crippen molar-refractivity contribution in [2.75, 3.05) is 31.5 Å². The average molecular weight is 372 g/mol. The topological polar surface area (TPSA) is 65.5 Å². The van der Waals surface area contributed by atoms with E-state index in [1.807, 2.05) is 24.3 Å². The molecule has 0 radical (unpaired) electrons. The highest BCUT2D eigenvalue weighted by atomic mass is 32.1. The first-order chi connectivity index (χ1) is 12.7. The Bertz CT molecular complexity index is 765. The highest BCUT2D eigenvalue weighted by molar-refractivity contribution is 7.22. The van der Waals surface area contributed by atoms with E-state index >= 15 is 0 Å². The number of hydrogen-bond acceptors (Lipinski definition) is 5. The predicted octanol–water partition coefficient (Wildman–Crippen LogP) is 2.71. The number of hydrogen-bond donors (Lipinski definition) is 1. The normalized spacial score (nSPS) is 19.8. The fourth-order valence-corrected chi connectivity index (χ4v) is 4.77. The maximum absolute atomic E-state index is 12.3. The van der Waals surface area contributed by atoms with Gasteiger partial charge in [0.05, 0.1) is 16.8 Å². The Kier molecular flexibility index (Phi) is 5.17. The molecule has 2 aliphatic rings. The van der Waals surface area contributed by atoms with E-state index < -0.39 is 0 Å². The van der Waals surface area contributed by atoms with Crippen molar-refractivity contribution < 1.29 is 9.59 Å². The van der Waals surface area contributed by atoms with Gasteiger partial charge in [-0.1, -0.05) is 23.5 Å². The zero-order valence-electron chi connectivity index (χ0n) is 14.8. The number of carbonyl (C=O) groups excluding carboxylic acids is 2. The number of para-hydroxylation sites is 1. The fraction of sp³-hybridized carbons (Fsp3) is 0.526. The molecule has 3 heterocycles. The van der Waals surface area contributed by atoms with Crippen molar-refractivity contribution in [3.63, 3.8) is 0 Å². The predicted molar refractivity (Wildman–Crippen MR) is 103 cm³/mol. The smallest absolute Gasteiger partial charge is 0.240 e. The molecule has 2 fully saturated rings. The second-order valence-electron chi connectivity index (χ2n) is 7.09. The van der Waals surface area contributed by atoms with Gasteiger partial charge in [-0.2, -0.15) is 0 Å². The van der Waals surface area contributed by atoms with Gasteiger partial charge in [0.25, 0.3) is 0 Å². The Labute approximate surface area is 157 Å². The molecule has 138 valence electrons. The first-order valence-corrected chi connectivity index (χ1v) is 10.2. The van der Waals surface area contributed by atoms with Gasteiger partial charge in [-0.15, -0.1) is 0 Å². The van der Waals surface area contributed by atoms with Crippen LogP contribution >= 0.6 is 11.3 Å². The molecular formula is C19H24N4O2S. The molecule has 2 saturated heterocycles. The van der Waals surface area contributed by atoms with Crippen molar-refractivity contribution in [1.29, 1.82) is 0 Å². The summed E-state index contributed by atoms with van der Waals surface area (Å²) in [4.78, 5) is 33.1. The van der Waals surface area contributed by atoms with Gasteiger partial charge in [0.15, 0.2) is 5.13 Å². The third-order valence-corrected chi connectivity index (χ3v) is 6.22. The second kappa shape index (κ2) is 7.72. The van der Waals surface area contributed by atoms with E-state index in [1.54, 1.807) is 0 Å². The molecule has 2 aromatic rings. The minimum atomic E-state index is -0.0171. The maximum Gasteiger partial charge on any atom is 0.240 e. The van der Waals surface area contributed by atoms with Crippen LogP contribution < -0.4 is 5.32 Å². The van der Waals surface area contributed by atoms with Crippen molar-refractivity contribution in [3.8, 4) is 0 Å². The summed E-state index contributed by atoms with van der Waals surface area (Å²) in [6.07, 6.45) is 4.77. The number of carbonyl (C=O) groups is 2. The average Bonchev–Trinajstić information content (AvgIpc) is 3.05. The number of fused-ring (bicyclic) bond motifs is 1. The number of rotatable bonds is 4. The van der Waals surface area contributed by atoms with E-state index in [1.165, 1.54) is 11.3 Å². The number of aromatic nitrogens is 1. The fourth-order valence-electron chi connectivity index (χ4n) is 3.89. The van der Waals surface area contributed by atoms with Gasteiger partial charge < -0.3 is 10.2 Å². The van der Waals surface area contributed by atoms with E-state index in [9.17, 15) is 9.59 Å². The van der Waals surface area contributed by atoms with Crippen LogP contribution in [0.4, 0.5) is 5.13 Å². The molecule has 1 aromatic carbocycles. The number of nitrogens with zero attached hydrogens (tertiary/aromatic N) is 3. The molecule has 0 bridgehead atoms. The van der Waals surface area contributed by atoms with Gasteiger partial charge in [0.1, 0.15) is 0 Å². The summed E-state index contributed by atoms with van der Waals surface area (Å²) in [5.41, 5.74) is 0.916. The Balaban J connectivity index is 1.27. The van der Waals surface area contributed by atoms with Gasteiger partial charge in [-0.3, -0.25) is 14.5 Å². The van der Waals surface area contributed by atoms with Gasteiger partial charge in [0.2, 0.25) is 11.8 Å². The number of nitrogens with one attached hydrogen (secondary N) is 1. The lowest BCUT2D eigenvalue weighted by molar-refractivity contribution is -0.137. The van der Waals surface area contributed by atoms with Gasteiger partial charge in [-0.05, 0) is 37.8 Å². The Hall–Kier alpha value is -1.99. The van der Waals surface area contributed by atoms with Gasteiger partial charge >= 0.3 is 0 Å². The summed E-state index contributed by atoms with van der Waals surface area (Å²) in [6.45, 7) is 3.02. The maximum atomic E-state index is 12.3. The van der Waals surface area contributed by atoms with Crippen molar-refractivity contribution in [2.24, 2.45) is 0 Å². The number of benzene rings is 1. The molecular weight excluding hydrogens is 348 g/mol. The summed E-state index contributed by atoms with van der Waals surface area (Å²) in [5, 5.41) is 3.58. The molecule has 4 rings (SSSR count). The van der Waals surface area contributed by atoms with E-state index in [-0.39, 0.29) is 5.91 Å². The largest absolute Gasteiger partial charge is 0.340 e. The molecule has 1 N–H and O–H groups in total. The van der Waals surface area contributed by atoms with Crippen molar-refractivity contribution in [1.82, 2.24) is 14.8 Å². The molecule has 2 amide bonds. The summed E-state index contributed by atoms with van der Waals surface area (Å²) in [7, 11) is 0. The van der Waals surface area contributed by atoms with E-state index in [2.05, 4.69) is 20.1 Å². The summed E-state index contributed by atoms with van der Waals surface area (Å²) >= 11 is 1.50. The second-order valence-corrected chi connectivity index (χ2v) is 8.12. The number of likely N-dealkylation sites (tertiary alicyclic amines) is 2. The van der Waals surface area contributed by atoms with Crippen LogP contribution in [-0.4, -0.2) is 58.8 Å². The zero-order valence-corrected chi connectivity index (χ0v) is 15.6. The lowest BCUT2D eigenvalue weighted by atomic mass is 9.99. The van der Waals surface area contributed by atoms with E-state index in [0.717, 1.165) is 55.5 Å². The van der Waals surface area contributed by atoms with Crippen LogP contribution in [-0.2, 0) is 9.59 Å². The van der Waals surface area contributed by atoms with Crippen LogP contribution in [0, 0.1) is 0 Å². The zero-order chi connectivity index (χ0) is 17.9. The number of anilines is 1. The monoisotopic (exact) mass is 372 g/mol. The highest BCUT2D eigenvalue weighted by Crippen LogP contribution is 2.25. The van der Waals surface area contributed by atoms with Crippen LogP contribution in [0.5, 0.6) is 0 Å². The minimum absolute atomic E-state index is 0.0171. The van der Waals surface area contributed by atoms with Crippen molar-refractivity contribution in [2.45, 2.75) is 38.1 Å². The third kappa shape index (κ3) is 3.88. The van der Waals surface area contributed by atoms with Crippen LogP contribution in [0.1, 0.15) is 32.1 Å². The molecule has 0 aliphatic carbocycles. The van der Waals surface area contributed by atoms with E-state index in [0.29, 0.717) is 30.0 Å². The minimum Gasteiger partial charge on any atom is -0.340 e. The molecule has 0 atom stereocenters. The lowest BCUT2D eigenvalue weighted by Gasteiger charge is -2.40. The molecule has 6 nitrogen and oxygen atoms in total. The van der Waals surface area contributed by atoms with Crippen LogP contribution in [0.25, 0.3) is 10.2 Å². The van der Waals surface area contributed by atoms with Gasteiger partial charge in [0, 0.05) is 32.1 Å². The number of thiazole rings is 1. The van der Waals surface area contributed by atoms with Crippen LogP contribution in [0.2, 0.25) is 0 Å². The van der Waals surface area contributed by atoms with Crippen LogP contribution in [0.3, 0.4) is 0 Å². The summed E-state index contributed by atoms with van der Waals surface area (Å²) < 4.78 is 1.08. The molecule has 0 spiro atoms. The summed E-state index contributed by atoms with van der Waals surface area (Å²) in [5.74, 6) is 0.292. The van der Waals surface area contributed by atoms with Crippen LogP contribution in [0.15, 0.2) is 24.3 Å². The Morgan fingerprint density at radius 3 is 2.77 bits per heavy atom. The molecule has 26 heavy (non-hydrogen) atoms. The highest BCUT2D eigenvalue weighted by Gasteiger charge is 2.29. The Morgan fingerprint density at radius 2 is 2.00 bits per heavy atom. The number of piperidine rings is 2. The third-order valence-electron chi connectivity index (χ3n) is 5.27. The summed E-state index contributed by atoms with van der Waals surface area (Å²) in [6, 6.07) is 8.24. The van der Waals surface area contributed by atoms with E-state index in [4.69, 9.17) is 0 Å². The molecule has 1 aromatic heterocycles.